The van der Waals surface area contributed by atoms with Crippen molar-refractivity contribution in [3.63, 3.8) is 0 Å². The highest BCUT2D eigenvalue weighted by molar-refractivity contribution is 7.08. The molecule has 0 amide bonds. The van der Waals surface area contributed by atoms with Crippen molar-refractivity contribution in [1.29, 1.82) is 0 Å². The lowest BCUT2D eigenvalue weighted by molar-refractivity contribution is 0.800. The van der Waals surface area contributed by atoms with E-state index in [2.05, 4.69) is 30.4 Å². The molecule has 18 heavy (non-hydrogen) atoms. The summed E-state index contributed by atoms with van der Waals surface area (Å²) in [6.45, 7) is 0. The number of rotatable bonds is 3. The molecule has 0 saturated heterocycles. The second-order valence-electron chi connectivity index (χ2n) is 3.29. The van der Waals surface area contributed by atoms with Crippen molar-refractivity contribution in [2.24, 2.45) is 0 Å². The topological polar surface area (TPSA) is 107 Å². The van der Waals surface area contributed by atoms with Gasteiger partial charge < -0.3 is 11.1 Å². The Morgan fingerprint density at radius 3 is 2.94 bits per heavy atom. The molecular formula is C9H8N8S. The molecule has 3 heterocycles. The lowest BCUT2D eigenvalue weighted by atomic mass is 10.5. The van der Waals surface area contributed by atoms with Crippen molar-refractivity contribution < 1.29 is 0 Å². The highest BCUT2D eigenvalue weighted by Crippen LogP contribution is 2.16. The summed E-state index contributed by atoms with van der Waals surface area (Å²) in [6, 6.07) is 1.92. The summed E-state index contributed by atoms with van der Waals surface area (Å²) >= 11 is 1.57. The number of thiophene rings is 1. The van der Waals surface area contributed by atoms with E-state index < -0.39 is 0 Å². The number of anilines is 3. The molecule has 0 saturated carbocycles. The lowest BCUT2D eigenvalue weighted by Crippen LogP contribution is -2.09. The van der Waals surface area contributed by atoms with Gasteiger partial charge in [-0.05, 0) is 11.4 Å². The number of hydrogen-bond acceptors (Lipinski definition) is 8. The average Bonchev–Trinajstić information content (AvgIpc) is 3.00. The van der Waals surface area contributed by atoms with E-state index in [0.717, 1.165) is 5.69 Å². The van der Waals surface area contributed by atoms with Gasteiger partial charge in [0.2, 0.25) is 11.9 Å². The molecule has 3 rings (SSSR count). The first kappa shape index (κ1) is 10.6. The summed E-state index contributed by atoms with van der Waals surface area (Å²) in [5, 5.41) is 10.9. The molecule has 3 aromatic heterocycles. The van der Waals surface area contributed by atoms with E-state index in [1.165, 1.54) is 17.3 Å². The molecule has 0 spiro atoms. The Morgan fingerprint density at radius 1 is 1.28 bits per heavy atom. The van der Waals surface area contributed by atoms with Crippen LogP contribution in [0.3, 0.4) is 0 Å². The highest BCUT2D eigenvalue weighted by Gasteiger charge is 2.07. The third kappa shape index (κ3) is 2.11. The molecule has 0 radical (unpaired) electrons. The van der Waals surface area contributed by atoms with Crippen LogP contribution in [-0.4, -0.2) is 29.7 Å². The maximum Gasteiger partial charge on any atom is 0.258 e. The predicted octanol–water partition coefficient (Wildman–Crippen LogP) is 0.840. The van der Waals surface area contributed by atoms with E-state index in [0.29, 0.717) is 11.9 Å². The van der Waals surface area contributed by atoms with Gasteiger partial charge in [-0.15, -0.1) is 0 Å². The first-order valence-corrected chi connectivity index (χ1v) is 5.91. The van der Waals surface area contributed by atoms with Gasteiger partial charge in [0.1, 0.15) is 12.7 Å². The maximum absolute atomic E-state index is 5.63. The average molecular weight is 260 g/mol. The van der Waals surface area contributed by atoms with Crippen molar-refractivity contribution in [3.8, 4) is 5.95 Å². The van der Waals surface area contributed by atoms with Crippen LogP contribution >= 0.6 is 11.3 Å². The number of nitrogen functional groups attached to an aromatic ring is 1. The fourth-order valence-electron chi connectivity index (χ4n) is 1.32. The molecular weight excluding hydrogens is 252 g/mol. The number of nitrogens with two attached hydrogens (primary N) is 1. The number of hydrogen-bond donors (Lipinski definition) is 2. The number of aromatic nitrogens is 6. The Bertz CT molecular complexity index is 633. The van der Waals surface area contributed by atoms with Crippen LogP contribution in [0.5, 0.6) is 0 Å². The van der Waals surface area contributed by atoms with Crippen LogP contribution in [0.15, 0.2) is 29.5 Å². The van der Waals surface area contributed by atoms with E-state index >= 15 is 0 Å². The SMILES string of the molecule is Nc1nc(Nc2ccsc2)nc(-n2cncn2)n1. The van der Waals surface area contributed by atoms with Crippen molar-refractivity contribution in [2.45, 2.75) is 0 Å². The minimum atomic E-state index is 0.119. The predicted molar refractivity (Wildman–Crippen MR) is 66.8 cm³/mol. The zero-order chi connectivity index (χ0) is 12.4. The standard InChI is InChI=1S/C9H8N8S/c10-7-14-8(13-6-1-2-18-3-6)16-9(15-7)17-5-11-4-12-17/h1-5H,(H3,10,13,14,15,16). The van der Waals surface area contributed by atoms with Crippen LogP contribution in [0.4, 0.5) is 17.6 Å². The van der Waals surface area contributed by atoms with E-state index in [1.807, 2.05) is 16.8 Å². The van der Waals surface area contributed by atoms with E-state index in [1.54, 1.807) is 11.3 Å². The second-order valence-corrected chi connectivity index (χ2v) is 4.07. The molecule has 3 N–H and O–H groups in total. The van der Waals surface area contributed by atoms with Gasteiger partial charge in [-0.25, -0.2) is 4.98 Å². The van der Waals surface area contributed by atoms with Gasteiger partial charge >= 0.3 is 0 Å². The summed E-state index contributed by atoms with van der Waals surface area (Å²) in [6.07, 6.45) is 2.88. The fourth-order valence-corrected chi connectivity index (χ4v) is 1.90. The quantitative estimate of drug-likeness (QED) is 0.718. The van der Waals surface area contributed by atoms with Gasteiger partial charge in [-0.3, -0.25) is 0 Å². The Labute approximate surface area is 106 Å². The van der Waals surface area contributed by atoms with Gasteiger partial charge in [0.15, 0.2) is 0 Å². The van der Waals surface area contributed by atoms with Crippen LogP contribution in [0, 0.1) is 0 Å². The van der Waals surface area contributed by atoms with Crippen LogP contribution in [0.25, 0.3) is 5.95 Å². The van der Waals surface area contributed by atoms with Gasteiger partial charge in [0.25, 0.3) is 5.95 Å². The first-order chi connectivity index (χ1) is 8.81. The van der Waals surface area contributed by atoms with Gasteiger partial charge in [0.05, 0.1) is 5.69 Å². The molecule has 0 atom stereocenters. The Hall–Kier alpha value is -2.55. The van der Waals surface area contributed by atoms with Crippen molar-refractivity contribution in [2.75, 3.05) is 11.1 Å². The molecule has 0 fully saturated rings. The zero-order valence-corrected chi connectivity index (χ0v) is 9.87. The summed E-state index contributed by atoms with van der Waals surface area (Å²) < 4.78 is 1.41. The first-order valence-electron chi connectivity index (χ1n) is 4.97. The molecule has 0 aromatic carbocycles. The molecule has 0 aliphatic carbocycles. The largest absolute Gasteiger partial charge is 0.368 e. The number of nitrogens with one attached hydrogen (secondary N) is 1. The van der Waals surface area contributed by atoms with E-state index in [-0.39, 0.29) is 5.95 Å². The monoisotopic (exact) mass is 260 g/mol. The molecule has 0 bridgehead atoms. The van der Waals surface area contributed by atoms with Crippen molar-refractivity contribution in [3.05, 3.63) is 29.5 Å². The molecule has 9 heteroatoms. The molecule has 0 unspecified atom stereocenters. The maximum atomic E-state index is 5.63. The molecule has 0 aliphatic heterocycles. The zero-order valence-electron chi connectivity index (χ0n) is 9.06. The highest BCUT2D eigenvalue weighted by atomic mass is 32.1. The molecule has 0 aliphatic rings. The molecule has 8 nitrogen and oxygen atoms in total. The summed E-state index contributed by atoms with van der Waals surface area (Å²) in [4.78, 5) is 16.0. The molecule has 90 valence electrons. The number of nitrogens with zero attached hydrogens (tertiary/aromatic N) is 6. The van der Waals surface area contributed by atoms with Crippen LogP contribution < -0.4 is 11.1 Å². The van der Waals surface area contributed by atoms with Crippen LogP contribution in [-0.2, 0) is 0 Å². The smallest absolute Gasteiger partial charge is 0.258 e. The van der Waals surface area contributed by atoms with Gasteiger partial charge in [-0.1, -0.05) is 0 Å². The molecule has 3 aromatic rings. The van der Waals surface area contributed by atoms with E-state index in [9.17, 15) is 0 Å². The normalized spacial score (nSPS) is 10.4. The minimum Gasteiger partial charge on any atom is -0.368 e. The van der Waals surface area contributed by atoms with Crippen LogP contribution in [0.1, 0.15) is 0 Å². The summed E-state index contributed by atoms with van der Waals surface area (Å²) in [5.74, 6) is 0.803. The van der Waals surface area contributed by atoms with E-state index in [4.69, 9.17) is 5.73 Å². The third-order valence-corrected chi connectivity index (χ3v) is 2.73. The Kier molecular flexibility index (Phi) is 2.57. The fraction of sp³-hybridized carbons (Fsp3) is 0. The van der Waals surface area contributed by atoms with Crippen LogP contribution in [0.2, 0.25) is 0 Å². The van der Waals surface area contributed by atoms with Gasteiger partial charge in [-0.2, -0.15) is 36.1 Å². The second kappa shape index (κ2) is 4.37. The van der Waals surface area contributed by atoms with Crippen molar-refractivity contribution >= 4 is 28.9 Å². The van der Waals surface area contributed by atoms with Crippen molar-refractivity contribution in [1.82, 2.24) is 29.7 Å². The van der Waals surface area contributed by atoms with Gasteiger partial charge in [0, 0.05) is 5.38 Å². The Morgan fingerprint density at radius 2 is 2.22 bits per heavy atom. The minimum absolute atomic E-state index is 0.119. The Balaban J connectivity index is 1.96. The summed E-state index contributed by atoms with van der Waals surface area (Å²) in [5.41, 5.74) is 6.53. The lowest BCUT2D eigenvalue weighted by Gasteiger charge is -2.05. The summed E-state index contributed by atoms with van der Waals surface area (Å²) in [7, 11) is 0. The third-order valence-electron chi connectivity index (χ3n) is 2.04.